The molecule has 4 rings (SSSR count). The number of nitriles is 1. The molecule has 3 heterocycles. The molecule has 1 N–H and O–H groups in total. The molecule has 0 radical (unpaired) electrons. The first-order valence-electron chi connectivity index (χ1n) is 10.3. The molecule has 1 amide bonds. The highest BCUT2D eigenvalue weighted by Crippen LogP contribution is 2.36. The maximum atomic E-state index is 12.2. The van der Waals surface area contributed by atoms with Crippen LogP contribution >= 0.6 is 0 Å². The number of ether oxygens (including phenoxy) is 1. The first-order chi connectivity index (χ1) is 15.1. The summed E-state index contributed by atoms with van der Waals surface area (Å²) in [6.07, 6.45) is 2.45. The summed E-state index contributed by atoms with van der Waals surface area (Å²) < 4.78 is 7.50. The van der Waals surface area contributed by atoms with Gasteiger partial charge in [-0.05, 0) is 42.2 Å². The minimum absolute atomic E-state index is 0.0937. The first kappa shape index (κ1) is 20.8. The Hall–Kier alpha value is -3.44. The van der Waals surface area contributed by atoms with Gasteiger partial charge in [-0.25, -0.2) is 5.43 Å². The van der Waals surface area contributed by atoms with Gasteiger partial charge in [0.15, 0.2) is 0 Å². The zero-order chi connectivity index (χ0) is 21.8. The fraction of sp³-hybridized carbons (Fsp3) is 0.391. The molecule has 8 heteroatoms. The number of nitrogens with one attached hydrogen (secondary N) is 1. The van der Waals surface area contributed by atoms with E-state index in [1.165, 1.54) is 0 Å². The SMILES string of the molecule is COc1ccc(/C=N/NC(=O)CC#N)cc1CN1CC2C[C@@H](C1)Cn1c2cccc1=O. The number of piperidine rings is 1. The van der Waals surface area contributed by atoms with Gasteiger partial charge in [-0.1, -0.05) is 6.07 Å². The van der Waals surface area contributed by atoms with Gasteiger partial charge in [0.25, 0.3) is 11.5 Å². The highest BCUT2D eigenvalue weighted by atomic mass is 16.5. The lowest BCUT2D eigenvalue weighted by Crippen LogP contribution is -2.46. The molecule has 1 unspecified atom stereocenters. The van der Waals surface area contributed by atoms with E-state index in [1.807, 2.05) is 28.8 Å². The molecule has 0 saturated carbocycles. The summed E-state index contributed by atoms with van der Waals surface area (Å²) in [5.74, 6) is 1.18. The van der Waals surface area contributed by atoms with E-state index >= 15 is 0 Å². The quantitative estimate of drug-likeness (QED) is 0.569. The van der Waals surface area contributed by atoms with Crippen LogP contribution in [0.25, 0.3) is 0 Å². The fourth-order valence-corrected chi connectivity index (χ4v) is 4.66. The van der Waals surface area contributed by atoms with Crippen LogP contribution in [0.4, 0.5) is 0 Å². The fourth-order valence-electron chi connectivity index (χ4n) is 4.66. The molecule has 2 aromatic rings. The normalized spacial score (nSPS) is 20.1. The van der Waals surface area contributed by atoms with Gasteiger partial charge < -0.3 is 9.30 Å². The predicted molar refractivity (Wildman–Crippen MR) is 116 cm³/mol. The van der Waals surface area contributed by atoms with E-state index in [2.05, 4.69) is 21.5 Å². The summed E-state index contributed by atoms with van der Waals surface area (Å²) in [7, 11) is 1.66. The zero-order valence-corrected chi connectivity index (χ0v) is 17.5. The predicted octanol–water partition coefficient (Wildman–Crippen LogP) is 1.84. The van der Waals surface area contributed by atoms with Crippen LogP contribution in [0, 0.1) is 17.2 Å². The van der Waals surface area contributed by atoms with Gasteiger partial charge in [0, 0.05) is 49.4 Å². The van der Waals surface area contributed by atoms with E-state index in [-0.39, 0.29) is 12.0 Å². The highest BCUT2D eigenvalue weighted by molar-refractivity contribution is 5.83. The third-order valence-corrected chi connectivity index (χ3v) is 5.90. The molecule has 160 valence electrons. The van der Waals surface area contributed by atoms with Crippen LogP contribution in [0.1, 0.15) is 35.6 Å². The Bertz CT molecular complexity index is 1100. The average molecular weight is 419 g/mol. The maximum absolute atomic E-state index is 12.2. The number of amides is 1. The molecule has 1 fully saturated rings. The van der Waals surface area contributed by atoms with Crippen LogP contribution in [0.15, 0.2) is 46.3 Å². The number of carbonyl (C=O) groups excluding carboxylic acids is 1. The summed E-state index contributed by atoms with van der Waals surface area (Å²) in [5.41, 5.74) is 5.45. The average Bonchev–Trinajstić information content (AvgIpc) is 2.75. The second kappa shape index (κ2) is 9.14. The van der Waals surface area contributed by atoms with Gasteiger partial charge in [0.1, 0.15) is 12.2 Å². The summed E-state index contributed by atoms with van der Waals surface area (Å²) in [6.45, 7) is 3.33. The van der Waals surface area contributed by atoms with Crippen molar-refractivity contribution in [1.29, 1.82) is 5.26 Å². The summed E-state index contributed by atoms with van der Waals surface area (Å²) >= 11 is 0. The number of hydrogen-bond acceptors (Lipinski definition) is 6. The number of hydrogen-bond donors (Lipinski definition) is 1. The van der Waals surface area contributed by atoms with Crippen LogP contribution in [-0.2, 0) is 17.9 Å². The van der Waals surface area contributed by atoms with Crippen LogP contribution in [0.2, 0.25) is 0 Å². The number of methoxy groups -OCH3 is 1. The van der Waals surface area contributed by atoms with Crippen LogP contribution in [0.5, 0.6) is 5.75 Å². The van der Waals surface area contributed by atoms with E-state index in [1.54, 1.807) is 25.5 Å². The van der Waals surface area contributed by atoms with E-state index in [4.69, 9.17) is 10.00 Å². The topological polar surface area (TPSA) is 99.7 Å². The number of hydrazone groups is 1. The third-order valence-electron chi connectivity index (χ3n) is 5.90. The number of fused-ring (bicyclic) bond motifs is 4. The Labute approximate surface area is 180 Å². The number of pyridine rings is 1. The van der Waals surface area contributed by atoms with Gasteiger partial charge in [-0.3, -0.25) is 14.5 Å². The molecule has 8 nitrogen and oxygen atoms in total. The van der Waals surface area contributed by atoms with Crippen molar-refractivity contribution in [3.05, 3.63) is 63.6 Å². The van der Waals surface area contributed by atoms with Crippen LogP contribution < -0.4 is 15.7 Å². The lowest BCUT2D eigenvalue weighted by atomic mass is 9.83. The summed E-state index contributed by atoms with van der Waals surface area (Å²) in [6, 6.07) is 13.1. The van der Waals surface area contributed by atoms with Crippen LogP contribution in [0.3, 0.4) is 0 Å². The van der Waals surface area contributed by atoms with Gasteiger partial charge in [0.2, 0.25) is 0 Å². The number of likely N-dealkylation sites (tertiary alicyclic amines) is 1. The van der Waals surface area contributed by atoms with E-state index in [0.29, 0.717) is 11.8 Å². The van der Waals surface area contributed by atoms with Gasteiger partial charge >= 0.3 is 0 Å². The standard InChI is InChI=1S/C23H25N5O3/c1-31-21-6-5-16(11-25-26-22(29)7-8-24)9-19(21)15-27-12-17-10-18(14-27)20-3-2-4-23(30)28(20)13-17/h2-6,9,11,17-18H,7,10,12-15H2,1H3,(H,26,29)/b25-11+/t17-,18?/m0/s1. The van der Waals surface area contributed by atoms with Crippen molar-refractivity contribution in [2.45, 2.75) is 31.8 Å². The van der Waals surface area contributed by atoms with Crippen LogP contribution in [-0.4, -0.2) is 41.8 Å². The lowest BCUT2D eigenvalue weighted by molar-refractivity contribution is -0.120. The van der Waals surface area contributed by atoms with Gasteiger partial charge in [-0.2, -0.15) is 10.4 Å². The Kier molecular flexibility index (Phi) is 6.14. The molecule has 0 aliphatic carbocycles. The number of carbonyl (C=O) groups is 1. The lowest BCUT2D eigenvalue weighted by Gasteiger charge is -2.42. The molecule has 2 atom stereocenters. The second-order valence-electron chi connectivity index (χ2n) is 8.09. The van der Waals surface area contributed by atoms with Crippen molar-refractivity contribution in [2.75, 3.05) is 20.2 Å². The molecular weight excluding hydrogens is 394 g/mol. The van der Waals surface area contributed by atoms with E-state index < -0.39 is 5.91 Å². The molecule has 1 aromatic heterocycles. The smallest absolute Gasteiger partial charge is 0.254 e. The van der Waals surface area contributed by atoms with Crippen molar-refractivity contribution in [1.82, 2.24) is 14.9 Å². The maximum Gasteiger partial charge on any atom is 0.254 e. The second-order valence-corrected chi connectivity index (χ2v) is 8.09. The monoisotopic (exact) mass is 419 g/mol. The first-order valence-corrected chi connectivity index (χ1v) is 10.3. The number of benzene rings is 1. The van der Waals surface area contributed by atoms with Gasteiger partial charge in [-0.15, -0.1) is 0 Å². The third kappa shape index (κ3) is 4.67. The molecule has 1 aromatic carbocycles. The number of rotatable bonds is 6. The van der Waals surface area contributed by atoms with Crippen molar-refractivity contribution < 1.29 is 9.53 Å². The zero-order valence-electron chi connectivity index (χ0n) is 17.5. The molecule has 2 bridgehead atoms. The van der Waals surface area contributed by atoms with E-state index in [9.17, 15) is 9.59 Å². The Balaban J connectivity index is 1.49. The highest BCUT2D eigenvalue weighted by Gasteiger charge is 2.34. The Morgan fingerprint density at radius 1 is 1.32 bits per heavy atom. The number of aromatic nitrogens is 1. The van der Waals surface area contributed by atoms with E-state index in [0.717, 1.165) is 55.2 Å². The number of nitrogens with zero attached hydrogens (tertiary/aromatic N) is 4. The molecule has 1 saturated heterocycles. The molecule has 0 spiro atoms. The Morgan fingerprint density at radius 3 is 3.00 bits per heavy atom. The van der Waals surface area contributed by atoms with Crippen molar-refractivity contribution in [3.8, 4) is 11.8 Å². The van der Waals surface area contributed by atoms with Gasteiger partial charge in [0.05, 0.1) is 19.4 Å². The largest absolute Gasteiger partial charge is 0.496 e. The van der Waals surface area contributed by atoms with Crippen molar-refractivity contribution in [3.63, 3.8) is 0 Å². The Morgan fingerprint density at radius 2 is 2.19 bits per heavy atom. The van der Waals surface area contributed by atoms with Crippen molar-refractivity contribution in [2.24, 2.45) is 11.0 Å². The molecular formula is C23H25N5O3. The van der Waals surface area contributed by atoms with Crippen molar-refractivity contribution >= 4 is 12.1 Å². The molecule has 2 aliphatic heterocycles. The molecule has 31 heavy (non-hydrogen) atoms. The summed E-state index contributed by atoms with van der Waals surface area (Å²) in [5, 5.41) is 12.5. The minimum Gasteiger partial charge on any atom is -0.496 e. The minimum atomic E-state index is -0.438. The summed E-state index contributed by atoms with van der Waals surface area (Å²) in [4.78, 5) is 26.0. The molecule has 2 aliphatic rings.